The molecule has 0 spiro atoms. The summed E-state index contributed by atoms with van der Waals surface area (Å²) in [4.78, 5) is 10.1. The van der Waals surface area contributed by atoms with Gasteiger partial charge in [-0.15, -0.1) is 0 Å². The largest absolute Gasteiger partial charge is 1.00 e. The molecule has 0 heterocycles. The van der Waals surface area contributed by atoms with E-state index in [0.717, 1.165) is 0 Å². The van der Waals surface area contributed by atoms with Crippen molar-refractivity contribution in [1.82, 2.24) is 0 Å². The molecule has 0 rings (SSSR count). The molecule has 5 nitrogen and oxygen atoms in total. The zero-order valence-corrected chi connectivity index (χ0v) is 10.3. The monoisotopic (exact) mass is 216 g/mol. The van der Waals surface area contributed by atoms with Gasteiger partial charge in [0.25, 0.3) is 10.1 Å². The van der Waals surface area contributed by atoms with Crippen LogP contribution in [0.2, 0.25) is 0 Å². The van der Waals surface area contributed by atoms with Gasteiger partial charge in [0.1, 0.15) is 0 Å². The van der Waals surface area contributed by atoms with Gasteiger partial charge in [0.15, 0.2) is 0 Å². The average molecular weight is 216 g/mol. The summed E-state index contributed by atoms with van der Waals surface area (Å²) in [5, 5.41) is 10.1. The number of carboxylic acid groups (broad SMARTS) is 1. The van der Waals surface area contributed by atoms with Crippen molar-refractivity contribution >= 4 is 16.1 Å². The Bertz CT molecular complexity index is 292. The first-order valence-corrected chi connectivity index (χ1v) is 4.77. The molecule has 0 aromatic heterocycles. The van der Waals surface area contributed by atoms with Crippen LogP contribution in [0.3, 0.4) is 0 Å². The van der Waals surface area contributed by atoms with E-state index in [0.29, 0.717) is 0 Å². The van der Waals surface area contributed by atoms with E-state index in [4.69, 9.17) is 4.55 Å². The van der Waals surface area contributed by atoms with Crippen LogP contribution in [0.1, 0.15) is 13.3 Å². The van der Waals surface area contributed by atoms with Gasteiger partial charge in [0.2, 0.25) is 0 Å². The molecule has 70 valence electrons. The van der Waals surface area contributed by atoms with Crippen LogP contribution in [0.4, 0.5) is 0 Å². The third-order valence-electron chi connectivity index (χ3n) is 1.15. The minimum Gasteiger partial charge on any atom is -0.545 e. The van der Waals surface area contributed by atoms with Crippen molar-refractivity contribution in [1.29, 1.82) is 0 Å². The predicted octanol–water partition coefficient (Wildman–Crippen LogP) is -4.04. The number of rotatable bonds is 4. The summed E-state index contributed by atoms with van der Waals surface area (Å²) in [5.74, 6) is -1.82. The first-order chi connectivity index (χ1) is 5.33. The van der Waals surface area contributed by atoms with Gasteiger partial charge in [-0.1, -0.05) is 6.08 Å². The van der Waals surface area contributed by atoms with Crippen LogP contribution < -0.4 is 34.7 Å². The molecule has 0 amide bonds. The maximum absolute atomic E-state index is 10.1. The number of allylic oxidation sites excluding steroid dienone is 1. The molecule has 0 aromatic carbocycles. The summed E-state index contributed by atoms with van der Waals surface area (Å²) in [6.07, 6.45) is 1.15. The maximum atomic E-state index is 10.1. The molecule has 0 aliphatic carbocycles. The Labute approximate surface area is 98.9 Å². The normalized spacial score (nSPS) is 12.0. The summed E-state index contributed by atoms with van der Waals surface area (Å²) in [7, 11) is -4.00. The van der Waals surface area contributed by atoms with Gasteiger partial charge in [0, 0.05) is 0 Å². The van der Waals surface area contributed by atoms with Crippen LogP contribution in [-0.4, -0.2) is 24.7 Å². The zero-order valence-electron chi connectivity index (χ0n) is 7.48. The van der Waals surface area contributed by atoms with E-state index in [1.165, 1.54) is 13.0 Å². The summed E-state index contributed by atoms with van der Waals surface area (Å²) in [6.45, 7) is 1.29. The second kappa shape index (κ2) is 6.56. The number of hydrogen-bond donors (Lipinski definition) is 1. The molecule has 0 saturated carbocycles. The fourth-order valence-electron chi connectivity index (χ4n) is 0.508. The molecule has 0 radical (unpaired) electrons. The smallest absolute Gasteiger partial charge is 0.545 e. The molecule has 0 bridgehead atoms. The van der Waals surface area contributed by atoms with Gasteiger partial charge in [-0.3, -0.25) is 4.55 Å². The molecule has 1 N–H and O–H groups in total. The van der Waals surface area contributed by atoms with E-state index in [2.05, 4.69) is 0 Å². The summed E-state index contributed by atoms with van der Waals surface area (Å²) >= 11 is 0. The first kappa shape index (κ1) is 15.6. The number of aliphatic carboxylic acids is 1. The maximum Gasteiger partial charge on any atom is 1.00 e. The second-order valence-corrected chi connectivity index (χ2v) is 3.82. The zero-order chi connectivity index (χ0) is 9.78. The minimum atomic E-state index is -4.00. The topological polar surface area (TPSA) is 94.5 Å². The average Bonchev–Trinajstić information content (AvgIpc) is 1.84. The van der Waals surface area contributed by atoms with Crippen LogP contribution in [0, 0.1) is 0 Å². The molecule has 0 fully saturated rings. The third-order valence-corrected chi connectivity index (χ3v) is 1.90. The van der Waals surface area contributed by atoms with E-state index in [-0.39, 0.29) is 41.6 Å². The van der Waals surface area contributed by atoms with E-state index < -0.39 is 21.8 Å². The quantitative estimate of drug-likeness (QED) is 0.293. The number of carbonyl (C=O) groups is 1. The molecule has 0 aliphatic heterocycles. The van der Waals surface area contributed by atoms with Crippen LogP contribution in [-0.2, 0) is 14.9 Å². The van der Waals surface area contributed by atoms with Crippen molar-refractivity contribution in [2.45, 2.75) is 13.3 Å². The van der Waals surface area contributed by atoms with E-state index in [1.807, 2.05) is 0 Å². The Morgan fingerprint density at radius 1 is 1.54 bits per heavy atom. The van der Waals surface area contributed by atoms with Crippen molar-refractivity contribution in [3.05, 3.63) is 11.6 Å². The van der Waals surface area contributed by atoms with Crippen molar-refractivity contribution in [2.24, 2.45) is 0 Å². The fraction of sp³-hybridized carbons (Fsp3) is 0.500. The van der Waals surface area contributed by atoms with E-state index in [1.54, 1.807) is 0 Å². The van der Waals surface area contributed by atoms with Gasteiger partial charge in [0.05, 0.1) is 11.7 Å². The Morgan fingerprint density at radius 2 is 2.00 bits per heavy atom. The van der Waals surface area contributed by atoms with Crippen molar-refractivity contribution in [3.63, 3.8) is 0 Å². The van der Waals surface area contributed by atoms with Crippen LogP contribution >= 0.6 is 0 Å². The molecule has 0 saturated heterocycles. The second-order valence-electron chi connectivity index (χ2n) is 2.25. The third kappa shape index (κ3) is 10.0. The molecule has 0 aromatic rings. The van der Waals surface area contributed by atoms with Crippen molar-refractivity contribution in [2.75, 3.05) is 5.75 Å². The Morgan fingerprint density at radius 3 is 2.31 bits per heavy atom. The Hall–Kier alpha value is 0.120. The van der Waals surface area contributed by atoms with Crippen molar-refractivity contribution < 1.29 is 52.4 Å². The standard InChI is InChI=1S/C6H10O5S.Na/c1-5(6(7)8)3-2-4-12(9,10)11;/h3H,2,4H2,1H3,(H,7,8)(H,9,10,11);/q;+1/p-1/b5-3+;. The number of carboxylic acids is 1. The first-order valence-electron chi connectivity index (χ1n) is 3.16. The van der Waals surface area contributed by atoms with Gasteiger partial charge in [-0.25, -0.2) is 0 Å². The summed E-state index contributed by atoms with van der Waals surface area (Å²) in [6, 6.07) is 0. The summed E-state index contributed by atoms with van der Waals surface area (Å²) in [5.41, 5.74) is -0.0429. The molecular formula is C6H9NaO5S. The predicted molar refractivity (Wildman–Crippen MR) is 39.8 cm³/mol. The van der Waals surface area contributed by atoms with Gasteiger partial charge < -0.3 is 9.90 Å². The molecule has 0 aliphatic rings. The molecule has 13 heavy (non-hydrogen) atoms. The number of hydrogen-bond acceptors (Lipinski definition) is 4. The van der Waals surface area contributed by atoms with Gasteiger partial charge in [-0.05, 0) is 18.9 Å². The fourth-order valence-corrected chi connectivity index (χ4v) is 0.923. The molecule has 0 unspecified atom stereocenters. The van der Waals surface area contributed by atoms with Crippen LogP contribution in [0.5, 0.6) is 0 Å². The molecule has 7 heteroatoms. The van der Waals surface area contributed by atoms with Gasteiger partial charge in [-0.2, -0.15) is 8.42 Å². The molecule has 0 atom stereocenters. The van der Waals surface area contributed by atoms with Crippen molar-refractivity contribution in [3.8, 4) is 0 Å². The summed E-state index contributed by atoms with van der Waals surface area (Å²) < 4.78 is 28.5. The van der Waals surface area contributed by atoms with Gasteiger partial charge >= 0.3 is 29.6 Å². The number of carbonyl (C=O) groups excluding carboxylic acids is 1. The molecular weight excluding hydrogens is 207 g/mol. The van der Waals surface area contributed by atoms with E-state index in [9.17, 15) is 18.3 Å². The SMILES string of the molecule is C/C(=C\CCS(=O)(=O)O)C(=O)[O-].[Na+]. The Kier molecular flexibility index (Phi) is 7.86. The van der Waals surface area contributed by atoms with Crippen LogP contribution in [0.15, 0.2) is 11.6 Å². The van der Waals surface area contributed by atoms with E-state index >= 15 is 0 Å². The van der Waals surface area contributed by atoms with Crippen LogP contribution in [0.25, 0.3) is 0 Å². The minimum absolute atomic E-state index is 0. The Balaban J connectivity index is 0.